The average molecular weight is 988 g/mol. The molecule has 0 saturated carbocycles. The molecule has 6 N–H and O–H groups in total. The normalized spacial score (nSPS) is 16.6. The van der Waals surface area contributed by atoms with Crippen LogP contribution in [0, 0.1) is 0 Å². The van der Waals surface area contributed by atoms with E-state index in [9.17, 15) is 47.1 Å². The molecule has 2 aromatic heterocycles. The van der Waals surface area contributed by atoms with E-state index in [1.54, 1.807) is 60.8 Å². The highest BCUT2D eigenvalue weighted by molar-refractivity contribution is 7.88. The van der Waals surface area contributed by atoms with Gasteiger partial charge in [0.1, 0.15) is 16.8 Å². The first-order valence-corrected chi connectivity index (χ1v) is 24.0. The number of nitrogens with one attached hydrogen (secondary N) is 4. The molecule has 0 aliphatic carbocycles. The van der Waals surface area contributed by atoms with E-state index in [1.807, 2.05) is 6.07 Å². The summed E-state index contributed by atoms with van der Waals surface area (Å²) in [6.45, 7) is 0.0525. The van der Waals surface area contributed by atoms with Crippen LogP contribution in [0.5, 0.6) is 5.75 Å². The number of sulfonamides is 1. The van der Waals surface area contributed by atoms with E-state index in [-0.39, 0.29) is 89.9 Å². The Labute approximate surface area is 396 Å². The fourth-order valence-electron chi connectivity index (χ4n) is 8.11. The number of thiophene rings is 1. The Bertz CT molecular complexity index is 2970. The van der Waals surface area contributed by atoms with Crippen molar-refractivity contribution in [3.8, 4) is 16.2 Å². The summed E-state index contributed by atoms with van der Waals surface area (Å²) < 4.78 is 35.2. The number of hydrogen-bond acceptors (Lipinski definition) is 15. The summed E-state index contributed by atoms with van der Waals surface area (Å²) >= 11 is 7.34. The van der Waals surface area contributed by atoms with Gasteiger partial charge in [0.05, 0.1) is 41.0 Å². The van der Waals surface area contributed by atoms with Crippen molar-refractivity contribution in [3.63, 3.8) is 0 Å². The minimum atomic E-state index is -3.73. The average Bonchev–Trinajstić information content (AvgIpc) is 3.98. The highest BCUT2D eigenvalue weighted by atomic mass is 35.5. The molecule has 1 atom stereocenters. The number of nitrogens with zero attached hydrogens (tertiary/aromatic N) is 5. The molecule has 0 radical (unpaired) electrons. The van der Waals surface area contributed by atoms with E-state index in [0.29, 0.717) is 51.6 Å². The summed E-state index contributed by atoms with van der Waals surface area (Å²) in [6, 6.07) is 17.3. The first-order chi connectivity index (χ1) is 32.5. The Hall–Kier alpha value is -7.21. The zero-order valence-electron chi connectivity index (χ0n) is 35.8. The largest absolute Gasteiger partial charge is 0.479 e. The van der Waals surface area contributed by atoms with Gasteiger partial charge in [0.2, 0.25) is 27.7 Å². The molecule has 354 valence electrons. The van der Waals surface area contributed by atoms with E-state index >= 15 is 0 Å². The first-order valence-electron chi connectivity index (χ1n) is 21.2. The second-order valence-electron chi connectivity index (χ2n) is 16.0. The number of amides is 5. The number of aromatic nitrogens is 3. The minimum Gasteiger partial charge on any atom is -0.479 e. The third-order valence-corrected chi connectivity index (χ3v) is 14.9. The molecular weight excluding hydrogens is 946 g/mol. The van der Waals surface area contributed by atoms with Crippen molar-refractivity contribution < 1.29 is 56.9 Å². The molecule has 5 heterocycles. The highest BCUT2D eigenvalue weighted by Gasteiger charge is 2.45. The van der Waals surface area contributed by atoms with Crippen LogP contribution in [-0.2, 0) is 48.0 Å². The van der Waals surface area contributed by atoms with Crippen molar-refractivity contribution in [2.24, 2.45) is 0 Å². The summed E-state index contributed by atoms with van der Waals surface area (Å²) in [5.41, 5.74) is 3.26. The van der Waals surface area contributed by atoms with Gasteiger partial charge in [-0.2, -0.15) is 0 Å². The van der Waals surface area contributed by atoms with Gasteiger partial charge >= 0.3 is 11.9 Å². The first kappa shape index (κ1) is 47.3. The summed E-state index contributed by atoms with van der Waals surface area (Å²) in [6.07, 6.45) is 2.69. The number of fused-ring (bicyclic) bond motifs is 1. The van der Waals surface area contributed by atoms with E-state index in [4.69, 9.17) is 21.4 Å². The van der Waals surface area contributed by atoms with Crippen LogP contribution in [0.25, 0.3) is 10.4 Å². The highest BCUT2D eigenvalue weighted by Crippen LogP contribution is 2.46. The van der Waals surface area contributed by atoms with Crippen molar-refractivity contribution in [1.29, 1.82) is 0 Å². The maximum Gasteiger partial charge on any atom is 0.349 e. The van der Waals surface area contributed by atoms with E-state index in [2.05, 4.69) is 31.6 Å². The maximum absolute atomic E-state index is 13.6. The van der Waals surface area contributed by atoms with Gasteiger partial charge in [0.15, 0.2) is 17.2 Å². The Balaban J connectivity index is 0.796. The number of ether oxygens (including phenoxy) is 1. The van der Waals surface area contributed by atoms with Gasteiger partial charge in [0, 0.05) is 49.0 Å². The molecule has 0 bridgehead atoms. The molecule has 21 nitrogen and oxygen atoms in total. The number of piperidine rings is 2. The molecule has 1 unspecified atom stereocenters. The lowest BCUT2D eigenvalue weighted by Gasteiger charge is -2.32. The van der Waals surface area contributed by atoms with Crippen LogP contribution in [0.15, 0.2) is 72.9 Å². The van der Waals surface area contributed by atoms with Gasteiger partial charge in [-0.05, 0) is 66.8 Å². The van der Waals surface area contributed by atoms with Crippen molar-refractivity contribution in [2.75, 3.05) is 35.6 Å². The summed E-state index contributed by atoms with van der Waals surface area (Å²) in [7, 11) is -3.73. The lowest BCUT2D eigenvalue weighted by molar-refractivity contribution is -0.139. The fraction of sp³-hybridized carbons (Fsp3) is 0.295. The second kappa shape index (κ2) is 19.9. The van der Waals surface area contributed by atoms with Crippen LogP contribution in [0.4, 0.5) is 17.1 Å². The fourth-order valence-corrected chi connectivity index (χ4v) is 11.1. The number of carbonyl (C=O) groups excluding carboxylic acids is 5. The van der Waals surface area contributed by atoms with Gasteiger partial charge in [-0.1, -0.05) is 47.1 Å². The number of aromatic carboxylic acids is 1. The number of rotatable bonds is 18. The molecule has 24 heteroatoms. The number of benzene rings is 3. The number of aryl methyl sites for hydroxylation is 1. The monoisotopic (exact) mass is 987 g/mol. The second-order valence-corrected chi connectivity index (χ2v) is 19.4. The zero-order chi connectivity index (χ0) is 48.3. The number of halogens is 1. The molecule has 2 saturated heterocycles. The molecule has 2 fully saturated rings. The quantitative estimate of drug-likeness (QED) is 0.0669. The topological polar surface area (TPSA) is 289 Å². The molecule has 3 aliphatic rings. The maximum atomic E-state index is 13.6. The summed E-state index contributed by atoms with van der Waals surface area (Å²) in [4.78, 5) is 87.6. The number of carboxylic acids is 2. The molecule has 0 spiro atoms. The Morgan fingerprint density at radius 3 is 2.44 bits per heavy atom. The SMILES string of the molecule is O=C(O)COc1c(C(=O)O)sc(-c2cccc(NC3CCN(S(=O)(=O)Cc4cccc(NC(=O)CCn5cc(CNc6cccc7c6C(=O)N(C6CCC(=O)NC6=O)C7=O)nn5)c4)CC3)c2)c1Cl. The lowest BCUT2D eigenvalue weighted by atomic mass is 10.0. The molecule has 68 heavy (non-hydrogen) atoms. The van der Waals surface area contributed by atoms with Crippen molar-refractivity contribution in [2.45, 2.75) is 63.0 Å². The van der Waals surface area contributed by atoms with Gasteiger partial charge < -0.3 is 30.9 Å². The minimum absolute atomic E-state index is 0.00641. The molecule has 3 aromatic carbocycles. The van der Waals surface area contributed by atoms with Crippen molar-refractivity contribution >= 4 is 91.5 Å². The number of carbonyl (C=O) groups is 7. The van der Waals surface area contributed by atoms with Crippen LogP contribution in [0.1, 0.15) is 73.7 Å². The number of carboxylic acid groups (broad SMARTS) is 2. The van der Waals surface area contributed by atoms with E-state index in [0.717, 1.165) is 16.2 Å². The van der Waals surface area contributed by atoms with E-state index < -0.39 is 58.2 Å². The molecule has 5 amide bonds. The van der Waals surface area contributed by atoms with Gasteiger partial charge in [-0.15, -0.1) is 16.4 Å². The van der Waals surface area contributed by atoms with Gasteiger partial charge in [0.25, 0.3) is 11.8 Å². The van der Waals surface area contributed by atoms with E-state index in [1.165, 1.54) is 15.1 Å². The summed E-state index contributed by atoms with van der Waals surface area (Å²) in [5, 5.41) is 38.4. The Morgan fingerprint density at radius 2 is 1.69 bits per heavy atom. The Morgan fingerprint density at radius 1 is 0.941 bits per heavy atom. The standard InChI is InChI=1S/C44H42ClN9O12S2/c45-37-38(66-22-35(57)58)40(44(62)63)67-39(37)25-5-2-7-28(19-25)47-26-12-16-53(17-13-26)68(64,65)23-24-4-1-6-27(18-24)48-34(56)14-15-52-21-29(50-51-52)20-46-31-9-3-8-30-36(31)43(61)54(42(30)60)32-10-11-33(55)49-41(32)59/h1-9,18-19,21,26,32,46-47H,10-17,20,22-23H2,(H,48,56)(H,57,58)(H,62,63)(H,49,55,59). The predicted octanol–water partition coefficient (Wildman–Crippen LogP) is 4.27. The number of hydrogen-bond donors (Lipinski definition) is 6. The molecule has 8 rings (SSSR count). The number of imide groups is 2. The number of aliphatic carboxylic acids is 1. The third kappa shape index (κ3) is 10.5. The van der Waals surface area contributed by atoms with Crippen LogP contribution < -0.4 is 26.0 Å². The third-order valence-electron chi connectivity index (χ3n) is 11.3. The van der Waals surface area contributed by atoms with Crippen molar-refractivity contribution in [1.82, 2.24) is 29.5 Å². The zero-order valence-corrected chi connectivity index (χ0v) is 38.2. The van der Waals surface area contributed by atoms with Crippen LogP contribution in [0.3, 0.4) is 0 Å². The van der Waals surface area contributed by atoms with Crippen LogP contribution in [0.2, 0.25) is 5.02 Å². The van der Waals surface area contributed by atoms with Crippen LogP contribution in [-0.4, -0.2) is 116 Å². The predicted molar refractivity (Wildman–Crippen MR) is 246 cm³/mol. The smallest absolute Gasteiger partial charge is 0.349 e. The number of anilines is 3. The summed E-state index contributed by atoms with van der Waals surface area (Å²) in [5.74, 6) is -5.86. The molecule has 5 aromatic rings. The molecule has 3 aliphatic heterocycles. The lowest BCUT2D eigenvalue weighted by Crippen LogP contribution is -2.54. The van der Waals surface area contributed by atoms with Gasteiger partial charge in [-0.25, -0.2) is 22.3 Å². The Kier molecular flexibility index (Phi) is 13.9. The van der Waals surface area contributed by atoms with Crippen molar-refractivity contribution in [3.05, 3.63) is 105 Å². The van der Waals surface area contributed by atoms with Crippen LogP contribution >= 0.6 is 22.9 Å². The molecular formula is C44H42ClN9O12S2. The van der Waals surface area contributed by atoms with Gasteiger partial charge in [-0.3, -0.25) is 38.9 Å².